The molecule has 9 nitrogen and oxygen atoms in total. The van der Waals surface area contributed by atoms with Crippen LogP contribution in [-0.2, 0) is 6.54 Å². The van der Waals surface area contributed by atoms with Crippen LogP contribution in [0.2, 0.25) is 0 Å². The zero-order valence-electron chi connectivity index (χ0n) is 21.6. The van der Waals surface area contributed by atoms with Gasteiger partial charge in [-0.2, -0.15) is 5.10 Å². The Morgan fingerprint density at radius 1 is 1.00 bits per heavy atom. The number of nitrogens with two attached hydrogens (primary N) is 1. The van der Waals surface area contributed by atoms with E-state index in [-0.39, 0.29) is 18.0 Å². The number of piperidine rings is 1. The SMILES string of the molecule is Nc1ccccc1-c1ccc(C(=O)N2CCC(O)(Cn3cnc4c(cnn4-c4ccc(Br)cc4)c3=O)CC2)cc1. The Hall–Kier alpha value is -4.28. The Labute approximate surface area is 238 Å². The van der Waals surface area contributed by atoms with Gasteiger partial charge in [0.1, 0.15) is 11.7 Å². The number of benzene rings is 3. The number of aliphatic hydroxyl groups is 1. The zero-order chi connectivity index (χ0) is 27.9. The standard InChI is InChI=1S/C30H27BrN6O3/c31-22-9-11-23(12-10-22)37-27-25(17-34-37)29(39)36(19-33-27)18-30(40)13-15-35(16-14-30)28(38)21-7-5-20(6-8-21)24-3-1-2-4-26(24)32/h1-12,17,19,40H,13-16,18,32H2. The Bertz CT molecular complexity index is 1750. The second kappa shape index (κ2) is 10.4. The number of fused-ring (bicyclic) bond motifs is 1. The zero-order valence-corrected chi connectivity index (χ0v) is 23.2. The molecule has 0 radical (unpaired) electrons. The van der Waals surface area contributed by atoms with Gasteiger partial charge in [-0.1, -0.05) is 46.3 Å². The number of aromatic nitrogens is 4. The van der Waals surface area contributed by atoms with E-state index in [1.165, 1.54) is 17.1 Å². The fraction of sp³-hybridized carbons (Fsp3) is 0.200. The van der Waals surface area contributed by atoms with Crippen molar-refractivity contribution >= 4 is 38.6 Å². The molecular formula is C30H27BrN6O3. The molecule has 3 aromatic carbocycles. The van der Waals surface area contributed by atoms with Crippen molar-refractivity contribution in [2.45, 2.75) is 25.0 Å². The van der Waals surface area contributed by atoms with E-state index in [2.05, 4.69) is 26.0 Å². The lowest BCUT2D eigenvalue weighted by molar-refractivity contribution is -0.0299. The molecule has 202 valence electrons. The number of rotatable bonds is 5. The Kier molecular flexibility index (Phi) is 6.73. The van der Waals surface area contributed by atoms with Crippen molar-refractivity contribution in [3.8, 4) is 16.8 Å². The van der Waals surface area contributed by atoms with Crippen LogP contribution < -0.4 is 11.3 Å². The summed E-state index contributed by atoms with van der Waals surface area (Å²) in [6.07, 6.45) is 3.66. The minimum absolute atomic E-state index is 0.0877. The van der Waals surface area contributed by atoms with Crippen LogP contribution in [0.3, 0.4) is 0 Å². The number of nitrogen functional groups attached to an aromatic ring is 1. The van der Waals surface area contributed by atoms with E-state index < -0.39 is 5.60 Å². The molecule has 5 aromatic rings. The lowest BCUT2D eigenvalue weighted by atomic mass is 9.90. The fourth-order valence-electron chi connectivity index (χ4n) is 5.17. The molecule has 1 aliphatic heterocycles. The van der Waals surface area contributed by atoms with Crippen LogP contribution in [0.4, 0.5) is 5.69 Å². The lowest BCUT2D eigenvalue weighted by Gasteiger charge is -2.38. The van der Waals surface area contributed by atoms with E-state index in [0.29, 0.717) is 48.2 Å². The molecule has 0 aliphatic carbocycles. The summed E-state index contributed by atoms with van der Waals surface area (Å²) in [5.41, 5.74) is 9.07. The van der Waals surface area contributed by atoms with E-state index in [1.807, 2.05) is 60.7 Å². The van der Waals surface area contributed by atoms with Gasteiger partial charge in [0.25, 0.3) is 11.5 Å². The first kappa shape index (κ1) is 26.0. The highest BCUT2D eigenvalue weighted by Crippen LogP contribution is 2.28. The first-order chi connectivity index (χ1) is 19.3. The van der Waals surface area contributed by atoms with Gasteiger partial charge in [-0.25, -0.2) is 9.67 Å². The number of para-hydroxylation sites is 1. The number of hydrogen-bond acceptors (Lipinski definition) is 6. The second-order valence-electron chi connectivity index (χ2n) is 10.1. The predicted molar refractivity (Wildman–Crippen MR) is 157 cm³/mol. The maximum atomic E-state index is 13.2. The molecule has 0 saturated carbocycles. The topological polar surface area (TPSA) is 119 Å². The molecule has 0 bridgehead atoms. The van der Waals surface area contributed by atoms with Crippen LogP contribution in [0.25, 0.3) is 27.8 Å². The summed E-state index contributed by atoms with van der Waals surface area (Å²) in [6.45, 7) is 0.858. The summed E-state index contributed by atoms with van der Waals surface area (Å²) in [7, 11) is 0. The molecule has 0 spiro atoms. The van der Waals surface area contributed by atoms with Gasteiger partial charge in [0, 0.05) is 34.4 Å². The van der Waals surface area contributed by atoms with Crippen LogP contribution >= 0.6 is 15.9 Å². The number of carbonyl (C=O) groups is 1. The van der Waals surface area contributed by atoms with Crippen molar-refractivity contribution in [2.24, 2.45) is 0 Å². The van der Waals surface area contributed by atoms with Crippen LogP contribution in [0.15, 0.2) is 94.6 Å². The molecule has 1 saturated heterocycles. The highest BCUT2D eigenvalue weighted by Gasteiger charge is 2.35. The summed E-state index contributed by atoms with van der Waals surface area (Å²) in [4.78, 5) is 32.6. The smallest absolute Gasteiger partial charge is 0.264 e. The summed E-state index contributed by atoms with van der Waals surface area (Å²) < 4.78 is 3.99. The van der Waals surface area contributed by atoms with E-state index in [0.717, 1.165) is 21.3 Å². The molecule has 10 heteroatoms. The molecule has 0 unspecified atom stereocenters. The highest BCUT2D eigenvalue weighted by atomic mass is 79.9. The van der Waals surface area contributed by atoms with Crippen molar-refractivity contribution in [3.05, 3.63) is 106 Å². The molecule has 3 heterocycles. The molecule has 40 heavy (non-hydrogen) atoms. The molecule has 1 fully saturated rings. The maximum absolute atomic E-state index is 13.2. The van der Waals surface area contributed by atoms with E-state index in [9.17, 15) is 14.7 Å². The lowest BCUT2D eigenvalue weighted by Crippen LogP contribution is -2.49. The largest absolute Gasteiger partial charge is 0.398 e. The van der Waals surface area contributed by atoms with Gasteiger partial charge in [0.05, 0.1) is 24.0 Å². The van der Waals surface area contributed by atoms with E-state index >= 15 is 0 Å². The van der Waals surface area contributed by atoms with Crippen molar-refractivity contribution in [3.63, 3.8) is 0 Å². The molecule has 1 aliphatic rings. The molecule has 6 rings (SSSR count). The number of hydrogen-bond donors (Lipinski definition) is 2. The van der Waals surface area contributed by atoms with Gasteiger partial charge in [-0.05, 0) is 60.9 Å². The highest BCUT2D eigenvalue weighted by molar-refractivity contribution is 9.10. The summed E-state index contributed by atoms with van der Waals surface area (Å²) in [6, 6.07) is 22.6. The first-order valence-corrected chi connectivity index (χ1v) is 13.8. The minimum Gasteiger partial charge on any atom is -0.398 e. The molecule has 1 amide bonds. The third-order valence-electron chi connectivity index (χ3n) is 7.48. The minimum atomic E-state index is -1.13. The first-order valence-electron chi connectivity index (χ1n) is 13.0. The van der Waals surface area contributed by atoms with Crippen LogP contribution in [0.1, 0.15) is 23.2 Å². The Balaban J connectivity index is 1.13. The van der Waals surface area contributed by atoms with E-state index in [1.54, 1.807) is 21.7 Å². The van der Waals surface area contributed by atoms with Crippen LogP contribution in [0.5, 0.6) is 0 Å². The fourth-order valence-corrected chi connectivity index (χ4v) is 5.43. The summed E-state index contributed by atoms with van der Waals surface area (Å²) in [5, 5.41) is 16.1. The predicted octanol–water partition coefficient (Wildman–Crippen LogP) is 4.26. The number of likely N-dealkylation sites (tertiary alicyclic amines) is 1. The third-order valence-corrected chi connectivity index (χ3v) is 8.00. The van der Waals surface area contributed by atoms with Crippen molar-refractivity contribution in [2.75, 3.05) is 18.8 Å². The third kappa shape index (κ3) is 4.91. The molecule has 3 N–H and O–H groups in total. The second-order valence-corrected chi connectivity index (χ2v) is 11.0. The van der Waals surface area contributed by atoms with Gasteiger partial charge in [-0.15, -0.1) is 0 Å². The quantitative estimate of drug-likeness (QED) is 0.292. The van der Waals surface area contributed by atoms with Crippen molar-refractivity contribution in [1.29, 1.82) is 0 Å². The number of halogens is 1. The Morgan fingerprint density at radius 3 is 2.40 bits per heavy atom. The van der Waals surface area contributed by atoms with Gasteiger partial charge < -0.3 is 15.7 Å². The van der Waals surface area contributed by atoms with Gasteiger partial charge in [0.15, 0.2) is 5.65 Å². The van der Waals surface area contributed by atoms with Crippen molar-refractivity contribution < 1.29 is 9.90 Å². The number of anilines is 1. The molecule has 0 atom stereocenters. The number of nitrogens with zero attached hydrogens (tertiary/aromatic N) is 5. The average molecular weight is 599 g/mol. The maximum Gasteiger partial charge on any atom is 0.264 e. The average Bonchev–Trinajstić information content (AvgIpc) is 3.40. The summed E-state index contributed by atoms with van der Waals surface area (Å²) in [5.74, 6) is -0.0877. The van der Waals surface area contributed by atoms with Crippen LogP contribution in [-0.4, -0.2) is 53.9 Å². The monoisotopic (exact) mass is 598 g/mol. The number of carbonyl (C=O) groups excluding carboxylic acids is 1. The van der Waals surface area contributed by atoms with Gasteiger partial charge in [-0.3, -0.25) is 14.2 Å². The Morgan fingerprint density at radius 2 is 1.70 bits per heavy atom. The molecule has 2 aromatic heterocycles. The summed E-state index contributed by atoms with van der Waals surface area (Å²) >= 11 is 3.42. The van der Waals surface area contributed by atoms with Gasteiger partial charge in [0.2, 0.25) is 0 Å². The van der Waals surface area contributed by atoms with Crippen molar-refractivity contribution in [1.82, 2.24) is 24.2 Å². The molecular weight excluding hydrogens is 572 g/mol. The van der Waals surface area contributed by atoms with Crippen LogP contribution in [0, 0.1) is 0 Å². The normalized spacial score (nSPS) is 14.9. The number of amides is 1. The van der Waals surface area contributed by atoms with E-state index in [4.69, 9.17) is 5.73 Å². The van der Waals surface area contributed by atoms with Gasteiger partial charge >= 0.3 is 0 Å².